The lowest BCUT2D eigenvalue weighted by atomic mass is 9.47. The normalized spacial score (nSPS) is 57.2. The minimum absolute atomic E-state index is 0.122. The molecular formula is C33H52O9. The molecule has 4 aliphatic carbocycles. The van der Waals surface area contributed by atoms with E-state index in [9.17, 15) is 25.5 Å². The van der Waals surface area contributed by atoms with Gasteiger partial charge in [0.2, 0.25) is 0 Å². The van der Waals surface area contributed by atoms with Crippen molar-refractivity contribution >= 4 is 0 Å². The average Bonchev–Trinajstić information content (AvgIpc) is 3.43. The Morgan fingerprint density at radius 3 is 2.48 bits per heavy atom. The van der Waals surface area contributed by atoms with Crippen LogP contribution in [0.25, 0.3) is 0 Å². The van der Waals surface area contributed by atoms with Crippen molar-refractivity contribution in [1.82, 2.24) is 0 Å². The molecule has 42 heavy (non-hydrogen) atoms. The molecule has 0 bridgehead atoms. The molecule has 3 saturated carbocycles. The van der Waals surface area contributed by atoms with Crippen molar-refractivity contribution in [2.75, 3.05) is 19.8 Å². The highest BCUT2D eigenvalue weighted by molar-refractivity contribution is 5.26. The maximum Gasteiger partial charge on any atom is 0.186 e. The Hall–Kier alpha value is -0.620. The Balaban J connectivity index is 1.04. The molecule has 7 aliphatic rings. The van der Waals surface area contributed by atoms with E-state index in [0.717, 1.165) is 44.9 Å². The second-order valence-corrected chi connectivity index (χ2v) is 15.4. The van der Waals surface area contributed by atoms with Gasteiger partial charge in [-0.2, -0.15) is 0 Å². The zero-order chi connectivity index (χ0) is 29.6. The van der Waals surface area contributed by atoms with Crippen molar-refractivity contribution in [1.29, 1.82) is 0 Å². The summed E-state index contributed by atoms with van der Waals surface area (Å²) in [6, 6.07) is 0. The largest absolute Gasteiger partial charge is 0.396 e. The number of hydrogen-bond acceptors (Lipinski definition) is 9. The Kier molecular flexibility index (Phi) is 7.68. The van der Waals surface area contributed by atoms with Gasteiger partial charge in [0.1, 0.15) is 24.4 Å². The summed E-state index contributed by atoms with van der Waals surface area (Å²) in [4.78, 5) is 0. The van der Waals surface area contributed by atoms with E-state index in [1.165, 1.54) is 18.4 Å². The van der Waals surface area contributed by atoms with Gasteiger partial charge in [0.05, 0.1) is 25.4 Å². The molecule has 16 atom stereocenters. The van der Waals surface area contributed by atoms with E-state index in [1.807, 2.05) is 0 Å². The lowest BCUT2D eigenvalue weighted by Crippen LogP contribution is -2.60. The predicted octanol–water partition coefficient (Wildman–Crippen LogP) is 2.51. The monoisotopic (exact) mass is 592 g/mol. The second-order valence-electron chi connectivity index (χ2n) is 15.4. The summed E-state index contributed by atoms with van der Waals surface area (Å²) in [5.74, 6) is 2.53. The van der Waals surface area contributed by atoms with Crippen molar-refractivity contribution in [3.05, 3.63) is 11.6 Å². The van der Waals surface area contributed by atoms with E-state index in [0.29, 0.717) is 36.2 Å². The van der Waals surface area contributed by atoms with E-state index < -0.39 is 43.1 Å². The van der Waals surface area contributed by atoms with Crippen molar-refractivity contribution in [2.45, 2.75) is 127 Å². The first-order chi connectivity index (χ1) is 20.0. The van der Waals surface area contributed by atoms with E-state index >= 15 is 0 Å². The van der Waals surface area contributed by atoms with Gasteiger partial charge in [-0.3, -0.25) is 0 Å². The Morgan fingerprint density at radius 1 is 0.952 bits per heavy atom. The quantitative estimate of drug-likeness (QED) is 0.312. The van der Waals surface area contributed by atoms with Crippen LogP contribution in [0.1, 0.15) is 78.6 Å². The van der Waals surface area contributed by atoms with Gasteiger partial charge in [-0.05, 0) is 85.9 Å². The fourth-order valence-corrected chi connectivity index (χ4v) is 11.2. The standard InChI is InChI=1S/C33H52O9/c1-17-26-24(42-33(17)11-6-18(14-34)16-39-33)13-23-21-5-4-19-12-20(7-9-31(19,2)22(21)8-10-32(23,26)3)40-30-29(38)28(37)27(36)25(15-35)41-30/h4,17-18,20-30,34-38H,5-16H2,1-3H3. The van der Waals surface area contributed by atoms with Gasteiger partial charge in [-0.1, -0.05) is 32.4 Å². The molecule has 16 unspecified atom stereocenters. The molecule has 238 valence electrons. The number of rotatable bonds is 4. The number of allylic oxidation sites excluding steroid dienone is 1. The van der Waals surface area contributed by atoms with Gasteiger partial charge in [-0.25, -0.2) is 0 Å². The minimum atomic E-state index is -1.42. The lowest BCUT2D eigenvalue weighted by molar-refractivity contribution is -0.313. The highest BCUT2D eigenvalue weighted by Gasteiger charge is 2.68. The van der Waals surface area contributed by atoms with Gasteiger partial charge in [0, 0.05) is 24.9 Å². The zero-order valence-corrected chi connectivity index (χ0v) is 25.4. The molecule has 0 amide bonds. The molecule has 0 aromatic carbocycles. The highest BCUT2D eigenvalue weighted by Crippen LogP contribution is 2.70. The molecule has 0 aromatic heterocycles. The third-order valence-corrected chi connectivity index (χ3v) is 13.6. The minimum Gasteiger partial charge on any atom is -0.396 e. The van der Waals surface area contributed by atoms with Crippen molar-refractivity contribution in [3.63, 3.8) is 0 Å². The fourth-order valence-electron chi connectivity index (χ4n) is 11.2. The van der Waals surface area contributed by atoms with Crippen LogP contribution < -0.4 is 0 Å². The van der Waals surface area contributed by atoms with Gasteiger partial charge in [0.25, 0.3) is 0 Å². The van der Waals surface area contributed by atoms with E-state index in [2.05, 4.69) is 26.8 Å². The topological polar surface area (TPSA) is 138 Å². The number of aliphatic hydroxyl groups excluding tert-OH is 5. The molecule has 0 aromatic rings. The molecule has 9 heteroatoms. The van der Waals surface area contributed by atoms with Crippen LogP contribution in [-0.4, -0.2) is 94.1 Å². The molecule has 3 heterocycles. The van der Waals surface area contributed by atoms with Crippen LogP contribution in [0.2, 0.25) is 0 Å². The Bertz CT molecular complexity index is 1040. The molecule has 3 aliphatic heterocycles. The summed E-state index contributed by atoms with van der Waals surface area (Å²) in [6.45, 7) is 7.70. The number of hydrogen-bond donors (Lipinski definition) is 5. The summed E-state index contributed by atoms with van der Waals surface area (Å²) in [5.41, 5.74) is 1.82. The van der Waals surface area contributed by atoms with Crippen molar-refractivity contribution in [3.8, 4) is 0 Å². The molecule has 9 nitrogen and oxygen atoms in total. The summed E-state index contributed by atoms with van der Waals surface area (Å²) in [5, 5.41) is 50.0. The maximum atomic E-state index is 10.5. The average molecular weight is 593 g/mol. The van der Waals surface area contributed by atoms with E-state index in [-0.39, 0.29) is 35.6 Å². The smallest absolute Gasteiger partial charge is 0.186 e. The van der Waals surface area contributed by atoms with Crippen LogP contribution >= 0.6 is 0 Å². The summed E-state index contributed by atoms with van der Waals surface area (Å²) >= 11 is 0. The third-order valence-electron chi connectivity index (χ3n) is 13.6. The first-order valence-electron chi connectivity index (χ1n) is 16.6. The van der Waals surface area contributed by atoms with Crippen molar-refractivity contribution in [2.24, 2.45) is 46.3 Å². The predicted molar refractivity (Wildman–Crippen MR) is 152 cm³/mol. The first kappa shape index (κ1) is 30.1. The highest BCUT2D eigenvalue weighted by atomic mass is 16.7. The zero-order valence-electron chi connectivity index (χ0n) is 25.4. The molecule has 1 spiro atoms. The Labute approximate surface area is 249 Å². The summed E-state index contributed by atoms with van der Waals surface area (Å²) in [7, 11) is 0. The molecule has 7 rings (SSSR count). The maximum absolute atomic E-state index is 10.5. The van der Waals surface area contributed by atoms with Crippen LogP contribution in [0.5, 0.6) is 0 Å². The molecule has 6 fully saturated rings. The number of fused-ring (bicyclic) bond motifs is 7. The van der Waals surface area contributed by atoms with Crippen LogP contribution in [0, 0.1) is 46.3 Å². The van der Waals surface area contributed by atoms with Crippen LogP contribution in [0.4, 0.5) is 0 Å². The summed E-state index contributed by atoms with van der Waals surface area (Å²) < 4.78 is 25.2. The van der Waals surface area contributed by atoms with Crippen LogP contribution in [0.3, 0.4) is 0 Å². The fraction of sp³-hybridized carbons (Fsp3) is 0.939. The SMILES string of the molecule is CC1C2C(CC3C4CC=C5CC(OC6OC(CO)C(O)C(O)C6O)CCC5(C)C4CCC32C)OC12CCC(CO)CO2. The second kappa shape index (κ2) is 10.7. The molecule has 0 radical (unpaired) electrons. The first-order valence-corrected chi connectivity index (χ1v) is 16.6. The molecule has 3 saturated heterocycles. The van der Waals surface area contributed by atoms with Crippen LogP contribution in [-0.2, 0) is 18.9 Å². The van der Waals surface area contributed by atoms with Gasteiger partial charge < -0.3 is 44.5 Å². The van der Waals surface area contributed by atoms with Crippen molar-refractivity contribution < 1.29 is 44.5 Å². The van der Waals surface area contributed by atoms with Gasteiger partial charge in [-0.15, -0.1) is 0 Å². The Morgan fingerprint density at radius 2 is 1.76 bits per heavy atom. The molecular weight excluding hydrogens is 540 g/mol. The lowest BCUT2D eigenvalue weighted by Gasteiger charge is -2.58. The number of aliphatic hydroxyl groups is 5. The van der Waals surface area contributed by atoms with E-state index in [1.54, 1.807) is 0 Å². The number of ether oxygens (including phenoxy) is 4. The van der Waals surface area contributed by atoms with Gasteiger partial charge >= 0.3 is 0 Å². The summed E-state index contributed by atoms with van der Waals surface area (Å²) in [6.07, 6.45) is 5.51. The van der Waals surface area contributed by atoms with Crippen LogP contribution in [0.15, 0.2) is 11.6 Å². The van der Waals surface area contributed by atoms with Gasteiger partial charge in [0.15, 0.2) is 12.1 Å². The third kappa shape index (κ3) is 4.36. The van der Waals surface area contributed by atoms with E-state index in [4.69, 9.17) is 18.9 Å². The molecule has 5 N–H and O–H groups in total.